The van der Waals surface area contributed by atoms with Gasteiger partial charge in [-0.2, -0.15) is 4.31 Å². The smallest absolute Gasteiger partial charge is 0.250 e. The number of aryl methyl sites for hydroxylation is 2. The monoisotopic (exact) mass is 582 g/mol. The maximum absolute atomic E-state index is 14.1. The molecule has 0 aliphatic carbocycles. The molecule has 0 unspecified atom stereocenters. The second-order valence-corrected chi connectivity index (χ2v) is 13.1. The van der Waals surface area contributed by atoms with Crippen molar-refractivity contribution >= 4 is 44.0 Å². The number of benzene rings is 4. The van der Waals surface area contributed by atoms with E-state index in [4.69, 9.17) is 0 Å². The van der Waals surface area contributed by atoms with Gasteiger partial charge in [0, 0.05) is 24.5 Å². The quantitative estimate of drug-likeness (QED) is 0.349. The Balaban J connectivity index is 1.22. The molecule has 2 saturated heterocycles. The average Bonchev–Trinajstić information content (AvgIpc) is 3.25. The highest BCUT2D eigenvalue weighted by Gasteiger charge is 2.55. The number of fused-ring (bicyclic) bond motifs is 1. The molecule has 1 spiro atoms. The van der Waals surface area contributed by atoms with Crippen molar-refractivity contribution in [2.24, 2.45) is 0 Å². The summed E-state index contributed by atoms with van der Waals surface area (Å²) >= 11 is 0. The lowest BCUT2D eigenvalue weighted by Gasteiger charge is -2.42. The summed E-state index contributed by atoms with van der Waals surface area (Å²) in [6, 6.07) is 28.2. The molecular formula is C33H34N4O4S. The van der Waals surface area contributed by atoms with Crippen LogP contribution in [0.3, 0.4) is 0 Å². The number of nitrogens with one attached hydrogen (secondary N) is 1. The molecule has 9 heteroatoms. The Labute approximate surface area is 246 Å². The van der Waals surface area contributed by atoms with E-state index in [0.717, 1.165) is 27.6 Å². The number of piperidine rings is 1. The van der Waals surface area contributed by atoms with Gasteiger partial charge in [0.1, 0.15) is 12.1 Å². The minimum Gasteiger partial charge on any atom is -0.339 e. The molecule has 0 aromatic heterocycles. The van der Waals surface area contributed by atoms with Gasteiger partial charge in [-0.05, 0) is 85.0 Å². The van der Waals surface area contributed by atoms with Gasteiger partial charge >= 0.3 is 0 Å². The molecule has 2 heterocycles. The van der Waals surface area contributed by atoms with Gasteiger partial charge in [0.25, 0.3) is 0 Å². The van der Waals surface area contributed by atoms with Crippen LogP contribution in [0.15, 0.2) is 95.9 Å². The van der Waals surface area contributed by atoms with Crippen LogP contribution in [0.1, 0.15) is 24.0 Å². The Bertz CT molecular complexity index is 1770. The summed E-state index contributed by atoms with van der Waals surface area (Å²) < 4.78 is 28.8. The van der Waals surface area contributed by atoms with E-state index in [2.05, 4.69) is 5.32 Å². The van der Waals surface area contributed by atoms with Crippen LogP contribution in [0.5, 0.6) is 0 Å². The maximum atomic E-state index is 14.1. The summed E-state index contributed by atoms with van der Waals surface area (Å²) in [5, 5.41) is 4.76. The van der Waals surface area contributed by atoms with Crippen LogP contribution < -0.4 is 10.2 Å². The third kappa shape index (κ3) is 5.03. The van der Waals surface area contributed by atoms with E-state index >= 15 is 0 Å². The fourth-order valence-electron chi connectivity index (χ4n) is 6.09. The number of rotatable bonds is 6. The van der Waals surface area contributed by atoms with Crippen LogP contribution in [-0.2, 0) is 19.6 Å². The zero-order valence-electron chi connectivity index (χ0n) is 23.8. The van der Waals surface area contributed by atoms with E-state index in [9.17, 15) is 18.0 Å². The van der Waals surface area contributed by atoms with Crippen LogP contribution in [-0.4, -0.2) is 61.3 Å². The second kappa shape index (κ2) is 10.9. The van der Waals surface area contributed by atoms with Gasteiger partial charge in [0.2, 0.25) is 21.8 Å². The van der Waals surface area contributed by atoms with Gasteiger partial charge < -0.3 is 15.1 Å². The minimum atomic E-state index is -3.75. The highest BCUT2D eigenvalue weighted by atomic mass is 32.2. The fourth-order valence-corrected chi connectivity index (χ4v) is 7.57. The molecule has 4 aromatic rings. The molecule has 4 aromatic carbocycles. The summed E-state index contributed by atoms with van der Waals surface area (Å²) in [4.78, 5) is 31.0. The summed E-state index contributed by atoms with van der Waals surface area (Å²) in [6.07, 6.45) is 0.644. The molecule has 0 bridgehead atoms. The van der Waals surface area contributed by atoms with Crippen LogP contribution in [0.2, 0.25) is 0 Å². The van der Waals surface area contributed by atoms with Crippen LogP contribution in [0.4, 0.5) is 11.4 Å². The number of nitrogens with zero attached hydrogens (tertiary/aromatic N) is 3. The highest BCUT2D eigenvalue weighted by Crippen LogP contribution is 2.40. The summed E-state index contributed by atoms with van der Waals surface area (Å²) in [5.41, 5.74) is 2.84. The highest BCUT2D eigenvalue weighted by molar-refractivity contribution is 7.89. The lowest BCUT2D eigenvalue weighted by atomic mass is 9.86. The molecule has 6 rings (SSSR count). The van der Waals surface area contributed by atoms with E-state index in [0.29, 0.717) is 18.5 Å². The third-order valence-corrected chi connectivity index (χ3v) is 10.5. The largest absolute Gasteiger partial charge is 0.339 e. The maximum Gasteiger partial charge on any atom is 0.250 e. The zero-order valence-corrected chi connectivity index (χ0v) is 24.6. The number of hydrogen-bond acceptors (Lipinski definition) is 5. The van der Waals surface area contributed by atoms with E-state index in [1.807, 2.05) is 97.6 Å². The first-order valence-corrected chi connectivity index (χ1v) is 15.6. The Kier molecular flexibility index (Phi) is 7.24. The van der Waals surface area contributed by atoms with Gasteiger partial charge in [0.05, 0.1) is 11.6 Å². The van der Waals surface area contributed by atoms with Crippen molar-refractivity contribution in [3.63, 3.8) is 0 Å². The minimum absolute atomic E-state index is 0.0874. The summed E-state index contributed by atoms with van der Waals surface area (Å²) in [6.45, 7) is 4.57. The molecule has 0 atom stereocenters. The molecular weight excluding hydrogens is 548 g/mol. The molecule has 2 amide bonds. The predicted molar refractivity (Wildman–Crippen MR) is 165 cm³/mol. The average molecular weight is 583 g/mol. The molecule has 1 N–H and O–H groups in total. The molecule has 0 saturated carbocycles. The van der Waals surface area contributed by atoms with Crippen molar-refractivity contribution < 1.29 is 18.0 Å². The Morgan fingerprint density at radius 1 is 0.833 bits per heavy atom. The van der Waals surface area contributed by atoms with E-state index in [1.54, 1.807) is 17.0 Å². The first-order valence-electron chi connectivity index (χ1n) is 14.2. The van der Waals surface area contributed by atoms with Crippen molar-refractivity contribution in [1.29, 1.82) is 0 Å². The predicted octanol–water partition coefficient (Wildman–Crippen LogP) is 4.92. The molecule has 2 fully saturated rings. The van der Waals surface area contributed by atoms with Crippen LogP contribution >= 0.6 is 0 Å². The van der Waals surface area contributed by atoms with Crippen molar-refractivity contribution in [2.45, 2.75) is 37.1 Å². The second-order valence-electron chi connectivity index (χ2n) is 11.2. The zero-order chi connectivity index (χ0) is 29.5. The molecule has 2 aliphatic heterocycles. The van der Waals surface area contributed by atoms with E-state index in [-0.39, 0.29) is 43.0 Å². The van der Waals surface area contributed by atoms with Crippen LogP contribution in [0, 0.1) is 13.8 Å². The van der Waals surface area contributed by atoms with Gasteiger partial charge in [-0.15, -0.1) is 0 Å². The lowest BCUT2D eigenvalue weighted by molar-refractivity contribution is -0.136. The van der Waals surface area contributed by atoms with Crippen molar-refractivity contribution in [3.8, 4) is 0 Å². The van der Waals surface area contributed by atoms with Crippen molar-refractivity contribution in [3.05, 3.63) is 102 Å². The molecule has 8 nitrogen and oxygen atoms in total. The number of anilines is 2. The van der Waals surface area contributed by atoms with Crippen molar-refractivity contribution in [2.75, 3.05) is 36.5 Å². The van der Waals surface area contributed by atoms with E-state index < -0.39 is 15.6 Å². The van der Waals surface area contributed by atoms with Crippen LogP contribution in [0.25, 0.3) is 10.8 Å². The van der Waals surface area contributed by atoms with Gasteiger partial charge in [-0.25, -0.2) is 8.42 Å². The standard InChI is InChI=1S/C33H34N4O4S/c1-24-12-14-28(20-25(24)2)34-31(38)22-35-23-37(29-10-4-3-5-11-29)33(32(35)39)16-18-36(19-17-33)42(40,41)30-15-13-26-8-6-7-9-27(26)21-30/h3-15,20-21H,16-19,22-23H2,1-2H3,(H,34,38). The summed E-state index contributed by atoms with van der Waals surface area (Å²) in [7, 11) is -3.75. The molecule has 2 aliphatic rings. The van der Waals surface area contributed by atoms with Gasteiger partial charge in [-0.1, -0.05) is 54.6 Å². The van der Waals surface area contributed by atoms with Gasteiger partial charge in [-0.3, -0.25) is 9.59 Å². The number of amides is 2. The topological polar surface area (TPSA) is 90.0 Å². The number of hydrogen-bond donors (Lipinski definition) is 1. The Morgan fingerprint density at radius 2 is 1.52 bits per heavy atom. The first-order chi connectivity index (χ1) is 20.2. The number of carbonyl (C=O) groups excluding carboxylic acids is 2. The lowest BCUT2D eigenvalue weighted by Crippen LogP contribution is -2.57. The normalized spacial score (nSPS) is 17.2. The van der Waals surface area contributed by atoms with Gasteiger partial charge in [0.15, 0.2) is 0 Å². The molecule has 0 radical (unpaired) electrons. The van der Waals surface area contributed by atoms with E-state index in [1.165, 1.54) is 4.31 Å². The number of para-hydroxylation sites is 1. The number of sulfonamides is 1. The Hall–Kier alpha value is -4.21. The SMILES string of the molecule is Cc1ccc(NC(=O)CN2CN(c3ccccc3)C3(CCN(S(=O)(=O)c4ccc5ccccc5c4)CC3)C2=O)cc1C. The third-order valence-electron chi connectivity index (χ3n) is 8.62. The first kappa shape index (κ1) is 27.9. The molecule has 42 heavy (non-hydrogen) atoms. The summed E-state index contributed by atoms with van der Waals surface area (Å²) in [5.74, 6) is -0.419. The number of carbonyl (C=O) groups is 2. The molecule has 216 valence electrons. The van der Waals surface area contributed by atoms with Crippen molar-refractivity contribution in [1.82, 2.24) is 9.21 Å². The fraction of sp³-hybridized carbons (Fsp3) is 0.273. The Morgan fingerprint density at radius 3 is 2.24 bits per heavy atom.